The third-order valence-corrected chi connectivity index (χ3v) is 2.68. The molecule has 1 aliphatic carbocycles. The van der Waals surface area contributed by atoms with E-state index in [0.29, 0.717) is 5.56 Å². The monoisotopic (exact) mass is 189 g/mol. The van der Waals surface area contributed by atoms with Crippen molar-refractivity contribution in [2.45, 2.75) is 25.7 Å². The number of carbonyl (C=O) groups excluding carboxylic acids is 1. The van der Waals surface area contributed by atoms with E-state index >= 15 is 0 Å². The molecule has 1 aromatic rings. The Morgan fingerprint density at radius 3 is 2.57 bits per heavy atom. The molecule has 0 spiro atoms. The number of hydrogen-bond donors (Lipinski definition) is 0. The predicted molar refractivity (Wildman–Crippen MR) is 53.2 cm³/mol. The Morgan fingerprint density at radius 2 is 1.86 bits per heavy atom. The fourth-order valence-corrected chi connectivity index (χ4v) is 1.92. The van der Waals surface area contributed by atoms with E-state index in [1.165, 1.54) is 24.0 Å². The van der Waals surface area contributed by atoms with Gasteiger partial charge in [-0.15, -0.1) is 4.91 Å². The zero-order valence-electron chi connectivity index (χ0n) is 7.82. The fourth-order valence-electron chi connectivity index (χ4n) is 1.92. The van der Waals surface area contributed by atoms with Crippen molar-refractivity contribution >= 4 is 5.91 Å². The van der Waals surface area contributed by atoms with Crippen molar-refractivity contribution in [1.29, 1.82) is 0 Å². The third kappa shape index (κ3) is 1.58. The maximum Gasteiger partial charge on any atom is 0.316 e. The molecule has 2 rings (SSSR count). The van der Waals surface area contributed by atoms with Gasteiger partial charge in [0, 0.05) is 10.7 Å². The number of nitrogens with zero attached hydrogens (tertiary/aromatic N) is 1. The van der Waals surface area contributed by atoms with Gasteiger partial charge in [0.05, 0.1) is 0 Å². The highest BCUT2D eigenvalue weighted by atomic mass is 16.3. The van der Waals surface area contributed by atoms with Crippen LogP contribution in [0.5, 0.6) is 0 Å². The van der Waals surface area contributed by atoms with Crippen LogP contribution in [0.15, 0.2) is 23.4 Å². The van der Waals surface area contributed by atoms with Gasteiger partial charge in [-0.1, -0.05) is 6.07 Å². The predicted octanol–water partition coefficient (Wildman–Crippen LogP) is 2.47. The van der Waals surface area contributed by atoms with E-state index in [4.69, 9.17) is 0 Å². The molecule has 3 nitrogen and oxygen atoms in total. The molecule has 0 saturated carbocycles. The van der Waals surface area contributed by atoms with E-state index < -0.39 is 5.91 Å². The van der Waals surface area contributed by atoms with Gasteiger partial charge in [0.25, 0.3) is 0 Å². The quantitative estimate of drug-likeness (QED) is 0.637. The summed E-state index contributed by atoms with van der Waals surface area (Å²) in [6.07, 6.45) is 4.47. The lowest BCUT2D eigenvalue weighted by Gasteiger charge is -2.15. The Kier molecular flexibility index (Phi) is 2.39. The van der Waals surface area contributed by atoms with Crippen molar-refractivity contribution in [2.75, 3.05) is 0 Å². The molecule has 14 heavy (non-hydrogen) atoms. The molecule has 1 aromatic carbocycles. The Balaban J connectivity index is 2.38. The molecule has 0 radical (unpaired) electrons. The molecule has 0 aromatic heterocycles. The highest BCUT2D eigenvalue weighted by Gasteiger charge is 2.12. The van der Waals surface area contributed by atoms with Crippen LogP contribution in [0.25, 0.3) is 0 Å². The van der Waals surface area contributed by atoms with Gasteiger partial charge in [0.1, 0.15) is 0 Å². The molecule has 0 fully saturated rings. The van der Waals surface area contributed by atoms with Crippen LogP contribution in [0.3, 0.4) is 0 Å². The second kappa shape index (κ2) is 3.70. The Bertz CT molecular complexity index is 385. The summed E-state index contributed by atoms with van der Waals surface area (Å²) in [7, 11) is 0. The highest BCUT2D eigenvalue weighted by molar-refractivity contribution is 5.95. The first-order chi connectivity index (χ1) is 6.81. The lowest BCUT2D eigenvalue weighted by Crippen LogP contribution is -2.04. The number of benzene rings is 1. The minimum Gasteiger partial charge on any atom is -0.263 e. The Labute approximate surface area is 82.1 Å². The van der Waals surface area contributed by atoms with Gasteiger partial charge in [-0.05, 0) is 48.9 Å². The summed E-state index contributed by atoms with van der Waals surface area (Å²) in [5.41, 5.74) is 2.92. The molecule has 0 N–H and O–H groups in total. The molecule has 0 atom stereocenters. The van der Waals surface area contributed by atoms with Gasteiger partial charge in [-0.25, -0.2) is 0 Å². The molecule has 0 aliphatic heterocycles. The van der Waals surface area contributed by atoms with Crippen molar-refractivity contribution in [2.24, 2.45) is 5.18 Å². The van der Waals surface area contributed by atoms with Crippen molar-refractivity contribution in [3.05, 3.63) is 39.8 Å². The molecule has 0 unspecified atom stereocenters. The van der Waals surface area contributed by atoms with Crippen molar-refractivity contribution in [1.82, 2.24) is 0 Å². The van der Waals surface area contributed by atoms with Crippen LogP contribution < -0.4 is 0 Å². The smallest absolute Gasteiger partial charge is 0.263 e. The molecule has 3 heteroatoms. The minimum atomic E-state index is -0.668. The van der Waals surface area contributed by atoms with Crippen LogP contribution in [0.4, 0.5) is 0 Å². The van der Waals surface area contributed by atoms with Crippen molar-refractivity contribution in [3.8, 4) is 0 Å². The topological polar surface area (TPSA) is 46.5 Å². The summed E-state index contributed by atoms with van der Waals surface area (Å²) in [5.74, 6) is -0.668. The first-order valence-corrected chi connectivity index (χ1v) is 4.81. The molecule has 0 heterocycles. The van der Waals surface area contributed by atoms with Crippen molar-refractivity contribution < 1.29 is 4.79 Å². The summed E-state index contributed by atoms with van der Waals surface area (Å²) < 4.78 is 0. The summed E-state index contributed by atoms with van der Waals surface area (Å²) >= 11 is 0. The standard InChI is InChI=1S/C11H11NO2/c13-11(12-14)10-6-5-8-3-1-2-4-9(8)7-10/h5-7H,1-4H2. The molecular weight excluding hydrogens is 178 g/mol. The van der Waals surface area contributed by atoms with Gasteiger partial charge in [-0.3, -0.25) is 4.79 Å². The lowest BCUT2D eigenvalue weighted by molar-refractivity contribution is 0.100. The molecule has 0 saturated heterocycles. The summed E-state index contributed by atoms with van der Waals surface area (Å²) in [5, 5.41) is 2.42. The molecule has 72 valence electrons. The van der Waals surface area contributed by atoms with Gasteiger partial charge in [0.15, 0.2) is 0 Å². The number of aryl methyl sites for hydroxylation is 2. The van der Waals surface area contributed by atoms with Crippen LogP contribution in [0, 0.1) is 4.91 Å². The van der Waals surface area contributed by atoms with E-state index in [2.05, 4.69) is 5.18 Å². The zero-order chi connectivity index (χ0) is 9.97. The second-order valence-electron chi connectivity index (χ2n) is 3.59. The van der Waals surface area contributed by atoms with E-state index in [9.17, 15) is 9.70 Å². The first kappa shape index (κ1) is 9.06. The first-order valence-electron chi connectivity index (χ1n) is 4.81. The SMILES string of the molecule is O=NC(=O)c1ccc2c(c1)CCCC2. The molecule has 1 aliphatic rings. The number of rotatable bonds is 1. The normalized spacial score (nSPS) is 14.6. The number of fused-ring (bicyclic) bond motifs is 1. The number of amides is 1. The minimum absolute atomic E-state index is 0.417. The van der Waals surface area contributed by atoms with E-state index in [1.807, 2.05) is 6.07 Å². The number of nitroso groups, excluding NO2 is 1. The number of carbonyl (C=O) groups is 1. The van der Waals surface area contributed by atoms with Gasteiger partial charge >= 0.3 is 5.91 Å². The van der Waals surface area contributed by atoms with Crippen LogP contribution >= 0.6 is 0 Å². The Morgan fingerprint density at radius 1 is 1.14 bits per heavy atom. The van der Waals surface area contributed by atoms with Crippen LogP contribution in [0.1, 0.15) is 34.3 Å². The summed E-state index contributed by atoms with van der Waals surface area (Å²) in [4.78, 5) is 21.1. The van der Waals surface area contributed by atoms with Gasteiger partial charge in [-0.2, -0.15) is 0 Å². The van der Waals surface area contributed by atoms with Gasteiger partial charge in [0.2, 0.25) is 0 Å². The average molecular weight is 189 g/mol. The maximum atomic E-state index is 11.0. The average Bonchev–Trinajstić information content (AvgIpc) is 2.27. The lowest BCUT2D eigenvalue weighted by atomic mass is 9.90. The third-order valence-electron chi connectivity index (χ3n) is 2.68. The summed E-state index contributed by atoms with van der Waals surface area (Å²) in [6, 6.07) is 5.43. The zero-order valence-corrected chi connectivity index (χ0v) is 7.82. The van der Waals surface area contributed by atoms with Crippen LogP contribution in [-0.2, 0) is 12.8 Å². The molecule has 0 bridgehead atoms. The highest BCUT2D eigenvalue weighted by Crippen LogP contribution is 2.22. The Hall–Kier alpha value is -1.51. The number of hydrogen-bond acceptors (Lipinski definition) is 2. The molecular formula is C11H11NO2. The fraction of sp³-hybridized carbons (Fsp3) is 0.364. The summed E-state index contributed by atoms with van der Waals surface area (Å²) in [6.45, 7) is 0. The van der Waals surface area contributed by atoms with Crippen molar-refractivity contribution in [3.63, 3.8) is 0 Å². The largest absolute Gasteiger partial charge is 0.316 e. The second-order valence-corrected chi connectivity index (χ2v) is 3.59. The maximum absolute atomic E-state index is 11.0. The van der Waals surface area contributed by atoms with E-state index in [0.717, 1.165) is 12.8 Å². The van der Waals surface area contributed by atoms with E-state index in [-0.39, 0.29) is 0 Å². The molecule has 1 amide bonds. The van der Waals surface area contributed by atoms with Crippen LogP contribution in [-0.4, -0.2) is 5.91 Å². The van der Waals surface area contributed by atoms with E-state index in [1.54, 1.807) is 12.1 Å². The van der Waals surface area contributed by atoms with Crippen LogP contribution in [0.2, 0.25) is 0 Å². The van der Waals surface area contributed by atoms with Gasteiger partial charge < -0.3 is 0 Å².